The highest BCUT2D eigenvalue weighted by molar-refractivity contribution is 6.24. The van der Waals surface area contributed by atoms with Crippen LogP contribution in [0.1, 0.15) is 5.56 Å². The predicted octanol–water partition coefficient (Wildman–Crippen LogP) is 10.7. The lowest BCUT2D eigenvalue weighted by Gasteiger charge is -2.14. The van der Waals surface area contributed by atoms with Crippen LogP contribution in [0.4, 0.5) is 0 Å². The quantitative estimate of drug-likeness (QED) is 0.202. The van der Waals surface area contributed by atoms with Crippen molar-refractivity contribution < 1.29 is 0 Å². The number of para-hydroxylation sites is 3. The summed E-state index contributed by atoms with van der Waals surface area (Å²) in [7, 11) is 0. The van der Waals surface area contributed by atoms with Crippen molar-refractivity contribution in [2.75, 3.05) is 0 Å². The number of benzene rings is 6. The standard InChI is InChI=1S/C42H28N4/c1-27-11-9-19-35-37-22-21-36-34-18-7-8-20-39(34)45(31-15-3-2-4-16-31)41(36)42(37)46(40(27)35)32-17-10-14-29(24-32)38-25-33-23-28-12-5-6-13-30(28)26-44(33)43-38/h2-26H,1H3. The third-order valence-corrected chi connectivity index (χ3v) is 9.52. The molecule has 10 aromatic rings. The Kier molecular flexibility index (Phi) is 5.17. The molecule has 216 valence electrons. The monoisotopic (exact) mass is 588 g/mol. The first-order valence-electron chi connectivity index (χ1n) is 15.7. The summed E-state index contributed by atoms with van der Waals surface area (Å²) in [6.45, 7) is 2.22. The smallest absolute Gasteiger partial charge is 0.0934 e. The molecule has 10 rings (SSSR count). The first kappa shape index (κ1) is 25.2. The Morgan fingerprint density at radius 1 is 0.478 bits per heavy atom. The van der Waals surface area contributed by atoms with E-state index in [4.69, 9.17) is 5.10 Å². The average molecular weight is 589 g/mol. The van der Waals surface area contributed by atoms with Crippen LogP contribution >= 0.6 is 0 Å². The largest absolute Gasteiger partial charge is 0.307 e. The molecule has 0 aliphatic carbocycles. The predicted molar refractivity (Wildman–Crippen MR) is 192 cm³/mol. The second-order valence-electron chi connectivity index (χ2n) is 12.2. The summed E-state index contributed by atoms with van der Waals surface area (Å²) < 4.78 is 6.92. The van der Waals surface area contributed by atoms with E-state index in [1.54, 1.807) is 0 Å². The fourth-order valence-corrected chi connectivity index (χ4v) is 7.49. The maximum Gasteiger partial charge on any atom is 0.0934 e. The van der Waals surface area contributed by atoms with Crippen LogP contribution in [0.25, 0.3) is 82.5 Å². The molecule has 4 aromatic heterocycles. The molecule has 0 aliphatic rings. The third-order valence-electron chi connectivity index (χ3n) is 9.52. The summed E-state index contributed by atoms with van der Waals surface area (Å²) in [6, 6.07) is 52.5. The van der Waals surface area contributed by atoms with Gasteiger partial charge in [0.05, 0.1) is 33.3 Å². The van der Waals surface area contributed by atoms with Crippen LogP contribution in [0.2, 0.25) is 0 Å². The van der Waals surface area contributed by atoms with Crippen LogP contribution in [0.5, 0.6) is 0 Å². The highest BCUT2D eigenvalue weighted by Gasteiger charge is 2.22. The number of fused-ring (bicyclic) bond motifs is 9. The maximum absolute atomic E-state index is 5.03. The van der Waals surface area contributed by atoms with Crippen molar-refractivity contribution in [3.05, 3.63) is 157 Å². The average Bonchev–Trinajstić information content (AvgIpc) is 3.78. The van der Waals surface area contributed by atoms with Gasteiger partial charge in [-0.1, -0.05) is 103 Å². The number of nitrogens with zero attached hydrogens (tertiary/aromatic N) is 4. The topological polar surface area (TPSA) is 27.2 Å². The van der Waals surface area contributed by atoms with E-state index in [1.165, 1.54) is 59.9 Å². The van der Waals surface area contributed by atoms with Gasteiger partial charge in [0.2, 0.25) is 0 Å². The first-order valence-corrected chi connectivity index (χ1v) is 15.7. The number of aryl methyl sites for hydroxylation is 1. The van der Waals surface area contributed by atoms with Gasteiger partial charge in [-0.25, -0.2) is 4.52 Å². The zero-order chi connectivity index (χ0) is 30.4. The summed E-state index contributed by atoms with van der Waals surface area (Å²) in [5, 5.41) is 12.4. The van der Waals surface area contributed by atoms with Gasteiger partial charge in [0.1, 0.15) is 0 Å². The Morgan fingerprint density at radius 2 is 1.15 bits per heavy atom. The number of aromatic nitrogens is 4. The second kappa shape index (κ2) is 9.43. The van der Waals surface area contributed by atoms with Crippen LogP contribution in [-0.2, 0) is 0 Å². The molecule has 0 atom stereocenters. The fraction of sp³-hybridized carbons (Fsp3) is 0.0238. The molecule has 0 spiro atoms. The molecule has 0 N–H and O–H groups in total. The van der Waals surface area contributed by atoms with Crippen LogP contribution in [0, 0.1) is 6.92 Å². The zero-order valence-corrected chi connectivity index (χ0v) is 25.2. The molecule has 0 amide bonds. The lowest BCUT2D eigenvalue weighted by atomic mass is 10.1. The zero-order valence-electron chi connectivity index (χ0n) is 25.2. The normalized spacial score (nSPS) is 12.0. The van der Waals surface area contributed by atoms with Crippen LogP contribution in [-0.4, -0.2) is 18.7 Å². The lowest BCUT2D eigenvalue weighted by Crippen LogP contribution is -1.99. The van der Waals surface area contributed by atoms with Gasteiger partial charge in [-0.2, -0.15) is 5.10 Å². The van der Waals surface area contributed by atoms with E-state index >= 15 is 0 Å². The third kappa shape index (κ3) is 3.52. The van der Waals surface area contributed by atoms with E-state index < -0.39 is 0 Å². The Morgan fingerprint density at radius 3 is 2.04 bits per heavy atom. The van der Waals surface area contributed by atoms with E-state index in [0.29, 0.717) is 0 Å². The molecule has 0 bridgehead atoms. The molecule has 0 aliphatic heterocycles. The maximum atomic E-state index is 5.03. The van der Waals surface area contributed by atoms with Crippen molar-refractivity contribution >= 4 is 59.9 Å². The van der Waals surface area contributed by atoms with Gasteiger partial charge in [-0.3, -0.25) is 0 Å². The van der Waals surface area contributed by atoms with Crippen LogP contribution < -0.4 is 0 Å². The van der Waals surface area contributed by atoms with E-state index in [9.17, 15) is 0 Å². The number of pyridine rings is 1. The van der Waals surface area contributed by atoms with Crippen LogP contribution in [0.3, 0.4) is 0 Å². The van der Waals surface area contributed by atoms with Gasteiger partial charge in [0, 0.05) is 50.1 Å². The molecule has 0 saturated carbocycles. The molecule has 0 unspecified atom stereocenters. The van der Waals surface area contributed by atoms with Crippen molar-refractivity contribution in [2.45, 2.75) is 6.92 Å². The second-order valence-corrected chi connectivity index (χ2v) is 12.2. The molecule has 46 heavy (non-hydrogen) atoms. The molecule has 4 heterocycles. The number of hydrogen-bond acceptors (Lipinski definition) is 1. The van der Waals surface area contributed by atoms with Gasteiger partial charge in [-0.15, -0.1) is 0 Å². The van der Waals surface area contributed by atoms with Crippen LogP contribution in [0.15, 0.2) is 152 Å². The minimum absolute atomic E-state index is 0.957. The molecule has 0 fully saturated rings. The molecule has 4 nitrogen and oxygen atoms in total. The van der Waals surface area contributed by atoms with E-state index in [1.807, 2.05) is 4.52 Å². The highest BCUT2D eigenvalue weighted by atomic mass is 15.2. The van der Waals surface area contributed by atoms with Crippen molar-refractivity contribution in [2.24, 2.45) is 0 Å². The minimum atomic E-state index is 0.957. The first-order chi connectivity index (χ1) is 22.7. The summed E-state index contributed by atoms with van der Waals surface area (Å²) in [4.78, 5) is 0. The molecular weight excluding hydrogens is 560 g/mol. The summed E-state index contributed by atoms with van der Waals surface area (Å²) >= 11 is 0. The SMILES string of the molecule is Cc1cccc2c3ccc4c5ccccc5n(-c5ccccc5)c4c3n(-c3cccc(-c4cc5cc6ccccc6cn5n4)c3)c12. The fourth-order valence-electron chi connectivity index (χ4n) is 7.49. The van der Waals surface area contributed by atoms with E-state index in [2.05, 4.69) is 168 Å². The van der Waals surface area contributed by atoms with E-state index in [-0.39, 0.29) is 0 Å². The highest BCUT2D eigenvalue weighted by Crippen LogP contribution is 2.42. The summed E-state index contributed by atoms with van der Waals surface area (Å²) in [6.07, 6.45) is 2.12. The Balaban J connectivity index is 1.31. The summed E-state index contributed by atoms with van der Waals surface area (Å²) in [5.74, 6) is 0. The summed E-state index contributed by atoms with van der Waals surface area (Å²) in [5.41, 5.74) is 11.5. The van der Waals surface area contributed by atoms with E-state index in [0.717, 1.165) is 28.1 Å². The Hall–Kier alpha value is -6.13. The van der Waals surface area contributed by atoms with Crippen molar-refractivity contribution in [3.8, 4) is 22.6 Å². The molecule has 0 saturated heterocycles. The number of rotatable bonds is 3. The molecule has 0 radical (unpaired) electrons. The van der Waals surface area contributed by atoms with Gasteiger partial charge < -0.3 is 9.13 Å². The van der Waals surface area contributed by atoms with Crippen molar-refractivity contribution in [3.63, 3.8) is 0 Å². The van der Waals surface area contributed by atoms with Gasteiger partial charge in [0.25, 0.3) is 0 Å². The van der Waals surface area contributed by atoms with Crippen molar-refractivity contribution in [1.82, 2.24) is 18.7 Å². The van der Waals surface area contributed by atoms with Gasteiger partial charge in [-0.05, 0) is 60.3 Å². The van der Waals surface area contributed by atoms with Gasteiger partial charge >= 0.3 is 0 Å². The lowest BCUT2D eigenvalue weighted by molar-refractivity contribution is 0.974. The number of hydrogen-bond donors (Lipinski definition) is 0. The molecule has 4 heteroatoms. The minimum Gasteiger partial charge on any atom is -0.307 e. The molecular formula is C42H28N4. The van der Waals surface area contributed by atoms with Gasteiger partial charge in [0.15, 0.2) is 0 Å². The Bertz CT molecular complexity index is 2760. The Labute approximate surface area is 265 Å². The van der Waals surface area contributed by atoms with Crippen molar-refractivity contribution in [1.29, 1.82) is 0 Å². The molecule has 6 aromatic carbocycles.